The monoisotopic (exact) mass is 836 g/mol. The average Bonchev–Trinajstić information content (AvgIpc) is 3.86. The van der Waals surface area contributed by atoms with Crippen molar-refractivity contribution in [1.82, 2.24) is 20.2 Å². The van der Waals surface area contributed by atoms with Crippen molar-refractivity contribution in [3.63, 3.8) is 0 Å². The van der Waals surface area contributed by atoms with Crippen LogP contribution in [0, 0.1) is 46.3 Å². The second-order valence-corrected chi connectivity index (χ2v) is 22.2. The Morgan fingerprint density at radius 3 is 2.49 bits per heavy atom. The Balaban J connectivity index is 0.763. The summed E-state index contributed by atoms with van der Waals surface area (Å²) in [7, 11) is 4.18. The minimum Gasteiger partial charge on any atom is -0.385 e. The second kappa shape index (κ2) is 21.5. The SMILES string of the molecule is CC(C)CCC[C@@H](C)[C@H]1CC[C@H]2[C@@H]3CC=C4C[C@H](NCCCCNc5ccnc(CCCCC[C@H](N)[C@@H]6CCCN6Cc6cc(N(C)C)ccn6)c5)CC[C@]4(C)[C@H]3CC[C@]12C. The van der Waals surface area contributed by atoms with Gasteiger partial charge in [-0.25, -0.2) is 0 Å². The summed E-state index contributed by atoms with van der Waals surface area (Å²) in [6, 6.07) is 10.0. The van der Waals surface area contributed by atoms with E-state index in [1.54, 1.807) is 0 Å². The summed E-state index contributed by atoms with van der Waals surface area (Å²) >= 11 is 0. The van der Waals surface area contributed by atoms with E-state index in [1.807, 2.05) is 18.0 Å². The third-order valence-electron chi connectivity index (χ3n) is 17.5. The molecule has 7 rings (SSSR count). The Morgan fingerprint density at radius 1 is 0.836 bits per heavy atom. The number of fused-ring (bicyclic) bond motifs is 5. The van der Waals surface area contributed by atoms with Crippen LogP contribution in [0.3, 0.4) is 0 Å². The molecular formula is C54H89N7. The van der Waals surface area contributed by atoms with Crippen LogP contribution in [-0.4, -0.2) is 66.7 Å². The number of rotatable bonds is 22. The molecule has 7 nitrogen and oxygen atoms in total. The van der Waals surface area contributed by atoms with Gasteiger partial charge in [-0.1, -0.05) is 78.4 Å². The number of allylic oxidation sites excluding steroid dienone is 1. The standard InChI is InChI=1S/C54H89N7/c1-39(2)15-13-16-40(3)48-22-23-49-47-21-20-41-35-43(24-28-53(41,4)50(47)25-29-54(48,49)5)56-30-11-12-31-57-44-26-32-58-42(36-44)17-9-8-10-18-51(55)52-19-14-34-61(52)38-45-37-46(60(6)7)27-33-59-45/h20,26-27,32-33,36-37,39-40,43,47-52,56H,8-19,21-25,28-31,34-35,38,55H2,1-7H3,(H,57,58)/t40-,43-,47+,48-,49+,50+,51+,52+,53+,54-/m1/s1. The van der Waals surface area contributed by atoms with Gasteiger partial charge < -0.3 is 21.3 Å². The number of pyridine rings is 2. The largest absolute Gasteiger partial charge is 0.385 e. The predicted molar refractivity (Wildman–Crippen MR) is 259 cm³/mol. The van der Waals surface area contributed by atoms with Crippen molar-refractivity contribution in [2.75, 3.05) is 43.9 Å². The molecule has 0 aromatic carbocycles. The summed E-state index contributed by atoms with van der Waals surface area (Å²) in [5.41, 5.74) is 14.4. The minimum absolute atomic E-state index is 0.230. The smallest absolute Gasteiger partial charge is 0.0564 e. The molecule has 340 valence electrons. The Labute approximate surface area is 373 Å². The van der Waals surface area contributed by atoms with E-state index in [4.69, 9.17) is 10.7 Å². The van der Waals surface area contributed by atoms with Crippen LogP contribution in [0.4, 0.5) is 11.4 Å². The Hall–Kier alpha value is -2.48. The summed E-state index contributed by atoms with van der Waals surface area (Å²) in [6.45, 7) is 17.0. The zero-order chi connectivity index (χ0) is 43.0. The number of hydrogen-bond acceptors (Lipinski definition) is 7. The number of aromatic nitrogens is 2. The molecule has 61 heavy (non-hydrogen) atoms. The first-order valence-corrected chi connectivity index (χ1v) is 25.7. The van der Waals surface area contributed by atoms with Gasteiger partial charge >= 0.3 is 0 Å². The van der Waals surface area contributed by atoms with E-state index < -0.39 is 0 Å². The van der Waals surface area contributed by atoms with Gasteiger partial charge in [0.1, 0.15) is 0 Å². The molecule has 10 atom stereocenters. The topological polar surface area (TPSA) is 82.3 Å². The molecule has 0 amide bonds. The zero-order valence-electron chi connectivity index (χ0n) is 40.1. The molecule has 4 N–H and O–H groups in total. The van der Waals surface area contributed by atoms with Crippen LogP contribution in [0.25, 0.3) is 0 Å². The Bertz CT molecular complexity index is 1690. The molecule has 2 aromatic heterocycles. The first-order valence-electron chi connectivity index (χ1n) is 25.7. The van der Waals surface area contributed by atoms with E-state index in [1.165, 1.54) is 133 Å². The Kier molecular flexibility index (Phi) is 16.4. The predicted octanol–water partition coefficient (Wildman–Crippen LogP) is 11.8. The van der Waals surface area contributed by atoms with Crippen molar-refractivity contribution in [1.29, 1.82) is 0 Å². The van der Waals surface area contributed by atoms with E-state index >= 15 is 0 Å². The Morgan fingerprint density at radius 2 is 1.66 bits per heavy atom. The fraction of sp³-hybridized carbons (Fsp3) is 0.778. The number of hydrogen-bond donors (Lipinski definition) is 3. The van der Waals surface area contributed by atoms with Crippen molar-refractivity contribution in [3.05, 3.63) is 59.7 Å². The highest BCUT2D eigenvalue weighted by Gasteiger charge is 2.59. The third kappa shape index (κ3) is 11.4. The molecule has 5 aliphatic rings. The molecular weight excluding hydrogens is 747 g/mol. The fourth-order valence-corrected chi connectivity index (χ4v) is 14.0. The number of unbranched alkanes of at least 4 members (excludes halogenated alkanes) is 3. The maximum Gasteiger partial charge on any atom is 0.0564 e. The van der Waals surface area contributed by atoms with Crippen molar-refractivity contribution in [2.45, 2.75) is 188 Å². The lowest BCUT2D eigenvalue weighted by molar-refractivity contribution is -0.0514. The van der Waals surface area contributed by atoms with Crippen molar-refractivity contribution in [3.8, 4) is 0 Å². The number of nitrogens with one attached hydrogen (secondary N) is 2. The summed E-state index contributed by atoms with van der Waals surface area (Å²) in [5, 5.41) is 7.72. The van der Waals surface area contributed by atoms with E-state index in [0.717, 1.165) is 80.2 Å². The van der Waals surface area contributed by atoms with Gasteiger partial charge in [0.2, 0.25) is 0 Å². The normalized spacial score (nSPS) is 31.0. The first kappa shape index (κ1) is 46.5. The van der Waals surface area contributed by atoms with Crippen LogP contribution in [0.1, 0.15) is 168 Å². The number of aryl methyl sites for hydroxylation is 1. The molecule has 0 spiro atoms. The van der Waals surface area contributed by atoms with Crippen LogP contribution in [0.15, 0.2) is 48.3 Å². The highest BCUT2D eigenvalue weighted by Crippen LogP contribution is 2.67. The summed E-state index contributed by atoms with van der Waals surface area (Å²) in [5.74, 6) is 5.50. The molecule has 3 saturated carbocycles. The van der Waals surface area contributed by atoms with E-state index in [0.29, 0.717) is 22.9 Å². The van der Waals surface area contributed by atoms with Gasteiger partial charge in [-0.05, 0) is 180 Å². The highest BCUT2D eigenvalue weighted by molar-refractivity contribution is 5.45. The van der Waals surface area contributed by atoms with Crippen LogP contribution < -0.4 is 21.3 Å². The molecule has 0 bridgehead atoms. The van der Waals surface area contributed by atoms with Crippen molar-refractivity contribution >= 4 is 11.4 Å². The maximum absolute atomic E-state index is 6.82. The molecule has 0 radical (unpaired) electrons. The average molecular weight is 836 g/mol. The molecule has 1 saturated heterocycles. The van der Waals surface area contributed by atoms with Gasteiger partial charge in [0.15, 0.2) is 0 Å². The lowest BCUT2D eigenvalue weighted by Crippen LogP contribution is -2.51. The van der Waals surface area contributed by atoms with Gasteiger partial charge in [0.25, 0.3) is 0 Å². The van der Waals surface area contributed by atoms with E-state index in [2.05, 4.69) is 104 Å². The molecule has 4 aliphatic carbocycles. The lowest BCUT2D eigenvalue weighted by Gasteiger charge is -2.58. The number of likely N-dealkylation sites (tertiary alicyclic amines) is 1. The van der Waals surface area contributed by atoms with Crippen LogP contribution in [-0.2, 0) is 13.0 Å². The molecule has 0 unspecified atom stereocenters. The van der Waals surface area contributed by atoms with Gasteiger partial charge in [-0.2, -0.15) is 0 Å². The van der Waals surface area contributed by atoms with Gasteiger partial charge in [0, 0.05) is 74.8 Å². The summed E-state index contributed by atoms with van der Waals surface area (Å²) < 4.78 is 0. The van der Waals surface area contributed by atoms with Gasteiger partial charge in [-0.15, -0.1) is 0 Å². The molecule has 3 heterocycles. The molecule has 1 aliphatic heterocycles. The third-order valence-corrected chi connectivity index (χ3v) is 17.5. The number of anilines is 2. The van der Waals surface area contributed by atoms with Gasteiger partial charge in [-0.3, -0.25) is 14.9 Å². The minimum atomic E-state index is 0.230. The lowest BCUT2D eigenvalue weighted by atomic mass is 9.47. The highest BCUT2D eigenvalue weighted by atomic mass is 15.2. The van der Waals surface area contributed by atoms with Crippen molar-refractivity contribution < 1.29 is 0 Å². The second-order valence-electron chi connectivity index (χ2n) is 22.2. The van der Waals surface area contributed by atoms with Crippen LogP contribution >= 0.6 is 0 Å². The fourth-order valence-electron chi connectivity index (χ4n) is 14.0. The zero-order valence-corrected chi connectivity index (χ0v) is 40.1. The number of nitrogens with two attached hydrogens (primary N) is 1. The van der Waals surface area contributed by atoms with Crippen LogP contribution in [0.2, 0.25) is 0 Å². The summed E-state index contributed by atoms with van der Waals surface area (Å²) in [4.78, 5) is 14.1. The first-order chi connectivity index (χ1) is 29.4. The maximum atomic E-state index is 6.82. The molecule has 2 aromatic rings. The van der Waals surface area contributed by atoms with E-state index in [-0.39, 0.29) is 6.04 Å². The van der Waals surface area contributed by atoms with E-state index in [9.17, 15) is 0 Å². The number of nitrogens with zero attached hydrogens (tertiary/aromatic N) is 4. The quantitative estimate of drug-likeness (QED) is 0.0805. The summed E-state index contributed by atoms with van der Waals surface area (Å²) in [6.07, 6.45) is 32.9. The van der Waals surface area contributed by atoms with Crippen molar-refractivity contribution in [2.24, 2.45) is 52.1 Å². The molecule has 4 fully saturated rings. The van der Waals surface area contributed by atoms with Crippen LogP contribution in [0.5, 0.6) is 0 Å². The molecule has 7 heteroatoms. The van der Waals surface area contributed by atoms with Gasteiger partial charge in [0.05, 0.1) is 5.69 Å².